The SMILES string of the molecule is CCC(N)(N)C(O)OC(O)C(N)(N)CC. The molecule has 0 rings (SSSR count). The Morgan fingerprint density at radius 1 is 0.933 bits per heavy atom. The van der Waals surface area contributed by atoms with E-state index in [9.17, 15) is 10.2 Å². The molecule has 0 saturated carbocycles. The van der Waals surface area contributed by atoms with E-state index in [0.29, 0.717) is 0 Å². The van der Waals surface area contributed by atoms with Gasteiger partial charge in [-0.3, -0.25) is 0 Å². The molecule has 0 aliphatic rings. The number of nitrogens with two attached hydrogens (primary N) is 4. The normalized spacial score (nSPS) is 17.6. The monoisotopic (exact) mass is 222 g/mol. The molecule has 2 atom stereocenters. The zero-order valence-electron chi connectivity index (χ0n) is 9.18. The minimum Gasteiger partial charge on any atom is -0.365 e. The van der Waals surface area contributed by atoms with Crippen molar-refractivity contribution in [3.8, 4) is 0 Å². The van der Waals surface area contributed by atoms with Gasteiger partial charge in [-0.15, -0.1) is 0 Å². The van der Waals surface area contributed by atoms with Crippen LogP contribution in [0.25, 0.3) is 0 Å². The first-order chi connectivity index (χ1) is 6.67. The van der Waals surface area contributed by atoms with Gasteiger partial charge >= 0.3 is 0 Å². The summed E-state index contributed by atoms with van der Waals surface area (Å²) in [7, 11) is 0. The predicted octanol–water partition coefficient (Wildman–Crippen LogP) is -2.31. The highest BCUT2D eigenvalue weighted by molar-refractivity contribution is 4.82. The Hall–Kier alpha value is -0.280. The Morgan fingerprint density at radius 2 is 1.20 bits per heavy atom. The molecule has 2 unspecified atom stereocenters. The highest BCUT2D eigenvalue weighted by Gasteiger charge is 2.35. The van der Waals surface area contributed by atoms with Crippen LogP contribution in [0.4, 0.5) is 0 Å². The Kier molecular flexibility index (Phi) is 5.07. The van der Waals surface area contributed by atoms with Crippen LogP contribution >= 0.6 is 0 Å². The number of hydrogen-bond acceptors (Lipinski definition) is 7. The Morgan fingerprint density at radius 3 is 1.40 bits per heavy atom. The van der Waals surface area contributed by atoms with Gasteiger partial charge in [-0.1, -0.05) is 13.8 Å². The molecule has 0 spiro atoms. The van der Waals surface area contributed by atoms with Crippen LogP contribution in [0.3, 0.4) is 0 Å². The van der Waals surface area contributed by atoms with Gasteiger partial charge in [0.15, 0.2) is 12.6 Å². The molecule has 0 aromatic heterocycles. The molecule has 92 valence electrons. The number of aliphatic hydroxyl groups is 2. The summed E-state index contributed by atoms with van der Waals surface area (Å²) < 4.78 is 4.77. The van der Waals surface area contributed by atoms with Crippen molar-refractivity contribution in [3.63, 3.8) is 0 Å². The molecule has 0 heterocycles. The highest BCUT2D eigenvalue weighted by Crippen LogP contribution is 2.13. The van der Waals surface area contributed by atoms with Crippen LogP contribution in [0.1, 0.15) is 26.7 Å². The van der Waals surface area contributed by atoms with Gasteiger partial charge in [-0.05, 0) is 12.8 Å². The number of ether oxygens (including phenoxy) is 1. The van der Waals surface area contributed by atoms with Crippen LogP contribution in [0.2, 0.25) is 0 Å². The molecule has 0 amide bonds. The van der Waals surface area contributed by atoms with Gasteiger partial charge in [0.05, 0.1) is 0 Å². The molecule has 0 fully saturated rings. The first-order valence-corrected chi connectivity index (χ1v) is 4.84. The molecular formula is C8H22N4O3. The van der Waals surface area contributed by atoms with Crippen molar-refractivity contribution >= 4 is 0 Å². The molecule has 7 nitrogen and oxygen atoms in total. The first-order valence-electron chi connectivity index (χ1n) is 4.84. The van der Waals surface area contributed by atoms with Crippen LogP contribution in [0.5, 0.6) is 0 Å². The van der Waals surface area contributed by atoms with E-state index in [-0.39, 0.29) is 12.8 Å². The second-order valence-corrected chi connectivity index (χ2v) is 3.77. The van der Waals surface area contributed by atoms with Crippen molar-refractivity contribution in [2.45, 2.75) is 50.6 Å². The summed E-state index contributed by atoms with van der Waals surface area (Å²) in [6.45, 7) is 3.36. The second-order valence-electron chi connectivity index (χ2n) is 3.77. The average Bonchev–Trinajstić information content (AvgIpc) is 2.17. The predicted molar refractivity (Wildman–Crippen MR) is 55.9 cm³/mol. The van der Waals surface area contributed by atoms with E-state index >= 15 is 0 Å². The van der Waals surface area contributed by atoms with Gasteiger partial charge < -0.3 is 37.9 Å². The third kappa shape index (κ3) is 3.99. The van der Waals surface area contributed by atoms with Crippen molar-refractivity contribution in [2.75, 3.05) is 0 Å². The number of rotatable bonds is 6. The maximum absolute atomic E-state index is 9.46. The minimum absolute atomic E-state index is 0.273. The van der Waals surface area contributed by atoms with E-state index in [0.717, 1.165) is 0 Å². The van der Waals surface area contributed by atoms with Crippen molar-refractivity contribution < 1.29 is 14.9 Å². The molecule has 15 heavy (non-hydrogen) atoms. The summed E-state index contributed by atoms with van der Waals surface area (Å²) in [5.41, 5.74) is 19.1. The topological polar surface area (TPSA) is 154 Å². The van der Waals surface area contributed by atoms with Crippen LogP contribution in [0, 0.1) is 0 Å². The molecule has 0 saturated heterocycles. The van der Waals surface area contributed by atoms with Gasteiger partial charge in [0.1, 0.15) is 11.3 Å². The Bertz CT molecular complexity index is 178. The maximum Gasteiger partial charge on any atom is 0.189 e. The fraction of sp³-hybridized carbons (Fsp3) is 1.00. The van der Waals surface area contributed by atoms with Gasteiger partial charge in [-0.2, -0.15) is 0 Å². The molecule has 10 N–H and O–H groups in total. The minimum atomic E-state index is -1.53. The average molecular weight is 222 g/mol. The first kappa shape index (κ1) is 14.7. The van der Waals surface area contributed by atoms with Gasteiger partial charge in [0, 0.05) is 0 Å². The van der Waals surface area contributed by atoms with E-state index in [4.69, 9.17) is 27.7 Å². The molecule has 0 aliphatic carbocycles. The largest absolute Gasteiger partial charge is 0.365 e. The lowest BCUT2D eigenvalue weighted by Crippen LogP contribution is -2.65. The zero-order valence-corrected chi connectivity index (χ0v) is 9.18. The summed E-state index contributed by atoms with van der Waals surface area (Å²) in [5, 5.41) is 18.9. The van der Waals surface area contributed by atoms with E-state index in [1.54, 1.807) is 13.8 Å². The van der Waals surface area contributed by atoms with Gasteiger partial charge in [-0.25, -0.2) is 0 Å². The standard InChI is InChI=1S/C8H22N4O3/c1-3-7(9,10)5(13)15-6(14)8(11,12)4-2/h5-6,13-14H,3-4,9-12H2,1-2H3. The lowest BCUT2D eigenvalue weighted by atomic mass is 10.1. The zero-order chi connectivity index (χ0) is 12.3. The summed E-state index contributed by atoms with van der Waals surface area (Å²) >= 11 is 0. The quantitative estimate of drug-likeness (QED) is 0.276. The molecule has 0 bridgehead atoms. The number of hydrogen-bond donors (Lipinski definition) is 6. The summed E-state index contributed by atoms with van der Waals surface area (Å²) in [6, 6.07) is 0. The molecule has 0 radical (unpaired) electrons. The third-order valence-corrected chi connectivity index (χ3v) is 2.40. The van der Waals surface area contributed by atoms with Crippen LogP contribution in [-0.2, 0) is 4.74 Å². The number of aliphatic hydroxyl groups excluding tert-OH is 2. The van der Waals surface area contributed by atoms with E-state index in [2.05, 4.69) is 0 Å². The van der Waals surface area contributed by atoms with Gasteiger partial charge in [0.25, 0.3) is 0 Å². The van der Waals surface area contributed by atoms with Crippen LogP contribution < -0.4 is 22.9 Å². The fourth-order valence-corrected chi connectivity index (χ4v) is 0.725. The molecular weight excluding hydrogens is 200 g/mol. The van der Waals surface area contributed by atoms with Gasteiger partial charge in [0.2, 0.25) is 0 Å². The van der Waals surface area contributed by atoms with Crippen molar-refractivity contribution in [1.82, 2.24) is 0 Å². The van der Waals surface area contributed by atoms with E-state index in [1.807, 2.05) is 0 Å². The maximum atomic E-state index is 9.46. The lowest BCUT2D eigenvalue weighted by molar-refractivity contribution is -0.253. The van der Waals surface area contributed by atoms with Crippen molar-refractivity contribution in [3.05, 3.63) is 0 Å². The van der Waals surface area contributed by atoms with Crippen molar-refractivity contribution in [1.29, 1.82) is 0 Å². The Labute approximate surface area is 89.4 Å². The van der Waals surface area contributed by atoms with Crippen LogP contribution in [-0.4, -0.2) is 34.1 Å². The van der Waals surface area contributed by atoms with Crippen molar-refractivity contribution in [2.24, 2.45) is 22.9 Å². The summed E-state index contributed by atoms with van der Waals surface area (Å²) in [6.07, 6.45) is -2.52. The van der Waals surface area contributed by atoms with E-state index in [1.165, 1.54) is 0 Å². The highest BCUT2D eigenvalue weighted by atomic mass is 16.7. The molecule has 7 heteroatoms. The molecule has 0 aliphatic heterocycles. The molecule has 0 aromatic rings. The smallest absolute Gasteiger partial charge is 0.189 e. The van der Waals surface area contributed by atoms with E-state index < -0.39 is 23.9 Å². The Balaban J connectivity index is 4.36. The fourth-order valence-electron chi connectivity index (χ4n) is 0.725. The second kappa shape index (κ2) is 5.17. The summed E-state index contributed by atoms with van der Waals surface area (Å²) in [4.78, 5) is 0. The third-order valence-electron chi connectivity index (χ3n) is 2.40. The van der Waals surface area contributed by atoms with Crippen LogP contribution in [0.15, 0.2) is 0 Å². The molecule has 0 aromatic carbocycles. The lowest BCUT2D eigenvalue weighted by Gasteiger charge is -2.35. The summed E-state index contributed by atoms with van der Waals surface area (Å²) in [5.74, 6) is 0.